The number of pyridine rings is 1. The quantitative estimate of drug-likeness (QED) is 0.853. The van der Waals surface area contributed by atoms with Gasteiger partial charge in [-0.2, -0.15) is 0 Å². The summed E-state index contributed by atoms with van der Waals surface area (Å²) in [4.78, 5) is 28.4. The highest BCUT2D eigenvalue weighted by Crippen LogP contribution is 2.39. The van der Waals surface area contributed by atoms with Gasteiger partial charge in [-0.15, -0.1) is 0 Å². The number of benzene rings is 1. The normalized spacial score (nSPS) is 19.5. The Bertz CT molecular complexity index is 877. The van der Waals surface area contributed by atoms with E-state index in [2.05, 4.69) is 10.3 Å². The Labute approximate surface area is 149 Å². The van der Waals surface area contributed by atoms with Gasteiger partial charge in [0.25, 0.3) is 11.1 Å². The molecule has 126 valence electrons. The van der Waals surface area contributed by atoms with Crippen LogP contribution in [0.25, 0.3) is 5.57 Å². The van der Waals surface area contributed by atoms with Crippen LogP contribution in [-0.2, 0) is 17.8 Å². The maximum absolute atomic E-state index is 12.0. The van der Waals surface area contributed by atoms with Gasteiger partial charge >= 0.3 is 0 Å². The number of nitrogens with zero attached hydrogens (tertiary/aromatic N) is 1. The van der Waals surface area contributed by atoms with Crippen LogP contribution in [0, 0.1) is 0 Å². The fourth-order valence-corrected chi connectivity index (χ4v) is 3.87. The van der Waals surface area contributed by atoms with E-state index in [0.717, 1.165) is 53.4 Å². The molecule has 0 atom stereocenters. The maximum atomic E-state index is 12.0. The summed E-state index contributed by atoms with van der Waals surface area (Å²) in [5.74, 6) is 0.400. The summed E-state index contributed by atoms with van der Waals surface area (Å²) < 4.78 is 5.84. The first-order chi connectivity index (χ1) is 12.2. The van der Waals surface area contributed by atoms with Crippen LogP contribution in [0.2, 0.25) is 0 Å². The van der Waals surface area contributed by atoms with E-state index < -0.39 is 0 Å². The van der Waals surface area contributed by atoms with E-state index in [0.29, 0.717) is 17.3 Å². The largest absolute Gasteiger partial charge is 0.487 e. The smallest absolute Gasteiger partial charge is 0.290 e. The minimum atomic E-state index is -0.317. The lowest BCUT2D eigenvalue weighted by Crippen LogP contribution is -2.19. The lowest BCUT2D eigenvalue weighted by Gasteiger charge is -2.19. The number of carbonyl (C=O) groups is 2. The van der Waals surface area contributed by atoms with Crippen molar-refractivity contribution in [2.24, 2.45) is 0 Å². The van der Waals surface area contributed by atoms with Crippen LogP contribution in [-0.4, -0.2) is 16.1 Å². The number of carbonyl (C=O) groups excluding carboxylic acids is 2. The number of hydrogen-bond donors (Lipinski definition) is 1. The summed E-state index contributed by atoms with van der Waals surface area (Å²) in [6, 6.07) is 12.0. The van der Waals surface area contributed by atoms with E-state index in [1.807, 2.05) is 36.4 Å². The van der Waals surface area contributed by atoms with Crippen molar-refractivity contribution < 1.29 is 14.3 Å². The SMILES string of the molecule is O=C1NC(=O)/C(=C2\CCCc3cc(OCc4ccccc4)cnc32)S1. The molecule has 1 N–H and O–H groups in total. The van der Waals surface area contributed by atoms with Gasteiger partial charge < -0.3 is 4.74 Å². The monoisotopic (exact) mass is 352 g/mol. The van der Waals surface area contributed by atoms with Gasteiger partial charge in [-0.1, -0.05) is 30.3 Å². The molecule has 1 saturated heterocycles. The van der Waals surface area contributed by atoms with Gasteiger partial charge in [-0.25, -0.2) is 0 Å². The van der Waals surface area contributed by atoms with Crippen molar-refractivity contribution in [2.75, 3.05) is 0 Å². The summed E-state index contributed by atoms with van der Waals surface area (Å²) in [6.07, 6.45) is 4.26. The molecule has 0 bridgehead atoms. The zero-order chi connectivity index (χ0) is 17.2. The molecule has 25 heavy (non-hydrogen) atoms. The van der Waals surface area contributed by atoms with Gasteiger partial charge in [0.15, 0.2) is 0 Å². The van der Waals surface area contributed by atoms with Gasteiger partial charge in [0, 0.05) is 0 Å². The number of allylic oxidation sites excluding steroid dienone is 1. The number of thioether (sulfide) groups is 1. The van der Waals surface area contributed by atoms with Crippen molar-refractivity contribution in [1.82, 2.24) is 10.3 Å². The molecule has 2 aromatic rings. The van der Waals surface area contributed by atoms with Crippen LogP contribution in [0.5, 0.6) is 5.75 Å². The summed E-state index contributed by atoms with van der Waals surface area (Å²) in [6.45, 7) is 0.488. The average Bonchev–Trinajstić information content (AvgIpc) is 2.98. The Morgan fingerprint density at radius 1 is 1.16 bits per heavy atom. The molecule has 1 aromatic carbocycles. The molecule has 2 aliphatic rings. The predicted molar refractivity (Wildman–Crippen MR) is 96.0 cm³/mol. The molecule has 5 nitrogen and oxygen atoms in total. The standard InChI is InChI=1S/C19H16N2O3S/c22-18-17(25-19(23)21-18)15-8-4-7-13-9-14(10-20-16(13)15)24-11-12-5-2-1-3-6-12/h1-3,5-6,9-10H,4,7-8,11H2,(H,21,22,23)/b17-15-. The van der Waals surface area contributed by atoms with Gasteiger partial charge in [0.2, 0.25) is 0 Å². The molecule has 4 rings (SSSR count). The average molecular weight is 352 g/mol. The van der Waals surface area contributed by atoms with E-state index >= 15 is 0 Å². The highest BCUT2D eigenvalue weighted by Gasteiger charge is 2.31. The number of hydrogen-bond acceptors (Lipinski definition) is 5. The summed E-state index contributed by atoms with van der Waals surface area (Å²) in [5.41, 5.74) is 3.84. The second-order valence-corrected chi connectivity index (χ2v) is 6.94. The van der Waals surface area contributed by atoms with E-state index in [4.69, 9.17) is 4.74 Å². The van der Waals surface area contributed by atoms with E-state index in [1.54, 1.807) is 6.20 Å². The second kappa shape index (κ2) is 6.72. The van der Waals surface area contributed by atoms with Crippen LogP contribution >= 0.6 is 11.8 Å². The Morgan fingerprint density at radius 2 is 2.00 bits per heavy atom. The Morgan fingerprint density at radius 3 is 2.76 bits per heavy atom. The zero-order valence-electron chi connectivity index (χ0n) is 13.5. The van der Waals surface area contributed by atoms with Crippen LogP contribution in [0.4, 0.5) is 4.79 Å². The van der Waals surface area contributed by atoms with Crippen molar-refractivity contribution in [3.8, 4) is 5.75 Å². The fourth-order valence-electron chi connectivity index (χ4n) is 3.08. The Kier molecular flexibility index (Phi) is 4.28. The third-order valence-electron chi connectivity index (χ3n) is 4.24. The Hall–Kier alpha value is -2.60. The summed E-state index contributed by atoms with van der Waals surface area (Å²) >= 11 is 0.964. The highest BCUT2D eigenvalue weighted by molar-refractivity contribution is 8.18. The number of nitrogens with one attached hydrogen (secondary N) is 1. The second-order valence-electron chi connectivity index (χ2n) is 5.96. The summed E-state index contributed by atoms with van der Waals surface area (Å²) in [5, 5.41) is 2.00. The van der Waals surface area contributed by atoms with Gasteiger partial charge in [-0.05, 0) is 53.8 Å². The van der Waals surface area contributed by atoms with Crippen LogP contribution in [0.1, 0.15) is 29.7 Å². The zero-order valence-corrected chi connectivity index (χ0v) is 14.3. The molecule has 1 fully saturated rings. The van der Waals surface area contributed by atoms with Crippen LogP contribution in [0.3, 0.4) is 0 Å². The van der Waals surface area contributed by atoms with Crippen molar-refractivity contribution in [1.29, 1.82) is 0 Å². The van der Waals surface area contributed by atoms with Crippen LogP contribution in [0.15, 0.2) is 47.5 Å². The molecule has 0 saturated carbocycles. The third kappa shape index (κ3) is 3.30. The number of fused-ring (bicyclic) bond motifs is 1. The summed E-state index contributed by atoms with van der Waals surface area (Å²) in [7, 11) is 0. The topological polar surface area (TPSA) is 68.3 Å². The number of imide groups is 1. The lowest BCUT2D eigenvalue weighted by atomic mass is 9.91. The number of amides is 2. The molecule has 1 aromatic heterocycles. The first kappa shape index (κ1) is 15.9. The molecule has 0 unspecified atom stereocenters. The number of rotatable bonds is 3. The van der Waals surface area contributed by atoms with E-state index in [-0.39, 0.29) is 11.1 Å². The lowest BCUT2D eigenvalue weighted by molar-refractivity contribution is -0.115. The number of aromatic nitrogens is 1. The molecule has 2 heterocycles. The van der Waals surface area contributed by atoms with Crippen molar-refractivity contribution in [3.63, 3.8) is 0 Å². The molecule has 0 spiro atoms. The van der Waals surface area contributed by atoms with Crippen molar-refractivity contribution >= 4 is 28.5 Å². The first-order valence-electron chi connectivity index (χ1n) is 8.13. The highest BCUT2D eigenvalue weighted by atomic mass is 32.2. The molecule has 0 radical (unpaired) electrons. The molecule has 1 aliphatic carbocycles. The predicted octanol–water partition coefficient (Wildman–Crippen LogP) is 3.69. The molecular formula is C19H16N2O3S. The third-order valence-corrected chi connectivity index (χ3v) is 5.16. The minimum absolute atomic E-state index is 0.316. The molecule has 2 amide bonds. The maximum Gasteiger partial charge on any atom is 0.290 e. The van der Waals surface area contributed by atoms with Gasteiger partial charge in [-0.3, -0.25) is 19.9 Å². The fraction of sp³-hybridized carbons (Fsp3) is 0.211. The minimum Gasteiger partial charge on any atom is -0.487 e. The van der Waals surface area contributed by atoms with Gasteiger partial charge in [0.05, 0.1) is 16.8 Å². The van der Waals surface area contributed by atoms with Crippen LogP contribution < -0.4 is 10.1 Å². The Balaban J connectivity index is 1.59. The molecular weight excluding hydrogens is 336 g/mol. The molecule has 1 aliphatic heterocycles. The number of aryl methyl sites for hydroxylation is 1. The number of ether oxygens (including phenoxy) is 1. The van der Waals surface area contributed by atoms with Crippen molar-refractivity contribution in [2.45, 2.75) is 25.9 Å². The van der Waals surface area contributed by atoms with Gasteiger partial charge in [0.1, 0.15) is 12.4 Å². The van der Waals surface area contributed by atoms with E-state index in [9.17, 15) is 9.59 Å². The molecule has 6 heteroatoms. The first-order valence-corrected chi connectivity index (χ1v) is 8.94. The van der Waals surface area contributed by atoms with E-state index in [1.165, 1.54) is 0 Å². The van der Waals surface area contributed by atoms with Crippen molar-refractivity contribution in [3.05, 3.63) is 64.3 Å².